The highest BCUT2D eigenvalue weighted by Gasteiger charge is 2.43. The highest BCUT2D eigenvalue weighted by Crippen LogP contribution is 2.41. The van der Waals surface area contributed by atoms with E-state index in [1.165, 1.54) is 0 Å². The van der Waals surface area contributed by atoms with E-state index in [9.17, 15) is 4.79 Å². The largest absolute Gasteiger partial charge is 0.333 e. The van der Waals surface area contributed by atoms with Gasteiger partial charge < -0.3 is 9.80 Å². The smallest absolute Gasteiger partial charge is 0.254 e. The molecule has 4 heterocycles. The van der Waals surface area contributed by atoms with Crippen molar-refractivity contribution in [3.8, 4) is 0 Å². The lowest BCUT2D eigenvalue weighted by Gasteiger charge is -2.51. The molecule has 3 nitrogen and oxygen atoms in total. The summed E-state index contributed by atoms with van der Waals surface area (Å²) in [6.07, 6.45) is -3.09. The van der Waals surface area contributed by atoms with Gasteiger partial charge in [-0.1, -0.05) is 12.1 Å². The molecule has 2 unspecified atom stereocenters. The standard InChI is InChI=1S/C19H24N2O/c22-19-16-6-2-4-14-3-1-5-15(18(14)16)11-21(19)17-12-20-9-7-13(17)8-10-20/h2,4,6,13,15,17H,1,3,5,7-12H2/t15-,17-/m1/s1/i2D,4D,6D,7D,8D2,10D2,11D2,13D/t7?,13-,15+,17+/m0. The number of hydrogen-bond donors (Lipinski definition) is 0. The van der Waals surface area contributed by atoms with E-state index >= 15 is 0 Å². The molecule has 0 aromatic heterocycles. The Kier molecular flexibility index (Phi) is 1.37. The molecule has 1 aliphatic carbocycles. The molecule has 1 aromatic carbocycles. The van der Waals surface area contributed by atoms with Gasteiger partial charge in [0.15, 0.2) is 0 Å². The maximum absolute atomic E-state index is 13.8. The summed E-state index contributed by atoms with van der Waals surface area (Å²) in [6.45, 7) is -5.51. The lowest BCUT2D eigenvalue weighted by atomic mass is 9.75. The minimum absolute atomic E-state index is 0.184. The van der Waals surface area contributed by atoms with Crippen LogP contribution < -0.4 is 0 Å². The third kappa shape index (κ3) is 1.81. The van der Waals surface area contributed by atoms with Crippen molar-refractivity contribution < 1.29 is 19.9 Å². The zero-order valence-corrected chi connectivity index (χ0v) is 12.1. The van der Waals surface area contributed by atoms with Gasteiger partial charge in [0.05, 0.1) is 6.85 Å². The van der Waals surface area contributed by atoms with E-state index in [2.05, 4.69) is 0 Å². The summed E-state index contributed by atoms with van der Waals surface area (Å²) in [5, 5.41) is 0. The quantitative estimate of drug-likeness (QED) is 0.796. The fourth-order valence-corrected chi connectivity index (χ4v) is 3.86. The molecule has 3 fully saturated rings. The van der Waals surface area contributed by atoms with E-state index in [-0.39, 0.29) is 30.3 Å². The van der Waals surface area contributed by atoms with Gasteiger partial charge >= 0.3 is 0 Å². The Bertz CT molecular complexity index is 1080. The second-order valence-corrected chi connectivity index (χ2v) is 6.21. The first-order valence-corrected chi connectivity index (χ1v) is 7.75. The number of carbonyl (C=O) groups is 1. The minimum Gasteiger partial charge on any atom is -0.333 e. The van der Waals surface area contributed by atoms with Crippen molar-refractivity contribution >= 4 is 5.91 Å². The topological polar surface area (TPSA) is 23.6 Å². The minimum atomic E-state index is -2.88. The van der Waals surface area contributed by atoms with Crippen LogP contribution in [0.5, 0.6) is 0 Å². The van der Waals surface area contributed by atoms with Crippen molar-refractivity contribution in [3.63, 3.8) is 0 Å². The maximum Gasteiger partial charge on any atom is 0.254 e. The molecule has 4 aliphatic heterocycles. The zero-order valence-electron chi connectivity index (χ0n) is 23.1. The van der Waals surface area contributed by atoms with Crippen molar-refractivity contribution in [2.75, 3.05) is 26.1 Å². The van der Waals surface area contributed by atoms with Crippen molar-refractivity contribution in [3.05, 3.63) is 34.8 Å². The lowest BCUT2D eigenvalue weighted by molar-refractivity contribution is 0.00258. The van der Waals surface area contributed by atoms with Crippen LogP contribution in [0.3, 0.4) is 0 Å². The Morgan fingerprint density at radius 1 is 1.41 bits per heavy atom. The van der Waals surface area contributed by atoms with Gasteiger partial charge in [0.1, 0.15) is 0 Å². The first kappa shape index (κ1) is 6.27. The van der Waals surface area contributed by atoms with Gasteiger partial charge in [-0.05, 0) is 68.1 Å². The number of rotatable bonds is 1. The van der Waals surface area contributed by atoms with Crippen LogP contribution >= 0.6 is 0 Å². The molecule has 116 valence electrons. The number of nitrogens with zero attached hydrogens (tertiary/aromatic N) is 2. The van der Waals surface area contributed by atoms with Gasteiger partial charge in [-0.2, -0.15) is 0 Å². The van der Waals surface area contributed by atoms with E-state index in [1.807, 2.05) is 0 Å². The van der Waals surface area contributed by atoms with Crippen molar-refractivity contribution in [2.45, 2.75) is 44.0 Å². The molecular weight excluding hydrogens is 272 g/mol. The van der Waals surface area contributed by atoms with E-state index in [0.29, 0.717) is 24.8 Å². The Morgan fingerprint density at radius 3 is 3.32 bits per heavy atom. The average Bonchev–Trinajstić information content (AvgIpc) is 2.72. The Morgan fingerprint density at radius 2 is 2.36 bits per heavy atom. The second kappa shape index (κ2) is 4.82. The molecule has 5 atom stereocenters. The molecule has 5 aliphatic rings. The summed E-state index contributed by atoms with van der Waals surface area (Å²) in [6, 6.07) is -2.58. The summed E-state index contributed by atoms with van der Waals surface area (Å²) in [5.41, 5.74) is 0.467. The van der Waals surface area contributed by atoms with Crippen LogP contribution in [0.25, 0.3) is 0 Å². The van der Waals surface area contributed by atoms with Crippen molar-refractivity contribution in [1.29, 1.82) is 0 Å². The normalized spacial score (nSPS) is 57.2. The predicted molar refractivity (Wildman–Crippen MR) is 86.1 cm³/mol. The van der Waals surface area contributed by atoms with Gasteiger partial charge in [0.2, 0.25) is 0 Å². The Labute approximate surface area is 147 Å². The highest BCUT2D eigenvalue weighted by atomic mass is 16.2. The summed E-state index contributed by atoms with van der Waals surface area (Å²) in [4.78, 5) is 15.6. The summed E-state index contributed by atoms with van der Waals surface area (Å²) in [5.74, 6) is -4.33. The van der Waals surface area contributed by atoms with Crippen LogP contribution in [0, 0.1) is 5.89 Å². The highest BCUT2D eigenvalue weighted by molar-refractivity contribution is 5.97. The van der Waals surface area contributed by atoms with Gasteiger partial charge in [0, 0.05) is 38.8 Å². The SMILES string of the molecule is [2H]c1c([2H])c2c3c(c1[2H])C(=O)N([C@@H]1CN4CC([2H])[C@@]1([2H])C([2H])([2H])C4([2H])[2H])C([2H])([2H])[C@H]3CCC2. The average molecular weight is 307 g/mol. The molecule has 1 amide bonds. The molecule has 22 heavy (non-hydrogen) atoms. The van der Waals surface area contributed by atoms with Crippen LogP contribution in [0.1, 0.15) is 68.1 Å². The van der Waals surface area contributed by atoms with Crippen LogP contribution in [-0.4, -0.2) is 47.8 Å². The fourth-order valence-electron chi connectivity index (χ4n) is 3.86. The number of hydrogen-bond acceptors (Lipinski definition) is 2. The van der Waals surface area contributed by atoms with Crippen LogP contribution in [0.15, 0.2) is 18.1 Å². The van der Waals surface area contributed by atoms with E-state index in [1.54, 1.807) is 0 Å². The van der Waals surface area contributed by atoms with Crippen LogP contribution in [0.2, 0.25) is 0 Å². The summed E-state index contributed by atoms with van der Waals surface area (Å²) >= 11 is 0. The van der Waals surface area contributed by atoms with Gasteiger partial charge in [-0.25, -0.2) is 0 Å². The molecule has 0 spiro atoms. The molecule has 0 saturated carbocycles. The predicted octanol–water partition coefficient (Wildman–Crippen LogP) is 2.66. The molecule has 0 N–H and O–H groups in total. The maximum atomic E-state index is 13.8. The molecule has 0 radical (unpaired) electrons. The van der Waals surface area contributed by atoms with Crippen LogP contribution in [-0.2, 0) is 6.42 Å². The van der Waals surface area contributed by atoms with Gasteiger partial charge in [0.25, 0.3) is 5.91 Å². The van der Waals surface area contributed by atoms with Crippen LogP contribution in [0.4, 0.5) is 0 Å². The molecule has 1 aromatic rings. The molecule has 6 rings (SSSR count). The van der Waals surface area contributed by atoms with E-state index < -0.39 is 61.6 Å². The molecular formula is C19H24N2O. The Balaban J connectivity index is 1.74. The van der Waals surface area contributed by atoms with E-state index in [4.69, 9.17) is 15.1 Å². The Hall–Kier alpha value is -1.35. The van der Waals surface area contributed by atoms with Crippen molar-refractivity contribution in [2.24, 2.45) is 5.89 Å². The summed E-state index contributed by atoms with van der Waals surface area (Å²) < 4.78 is 93.6. The number of fused-ring (bicyclic) bond motifs is 3. The fraction of sp³-hybridized carbons (Fsp3) is 0.632. The summed E-state index contributed by atoms with van der Waals surface area (Å²) in [7, 11) is 0. The van der Waals surface area contributed by atoms with Gasteiger partial charge in [-0.3, -0.25) is 4.79 Å². The zero-order chi connectivity index (χ0) is 24.5. The number of piperidine rings is 3. The third-order valence-electron chi connectivity index (χ3n) is 4.94. The number of amides is 1. The number of benzene rings is 1. The van der Waals surface area contributed by atoms with Gasteiger partial charge in [-0.15, -0.1) is 0 Å². The second-order valence-electron chi connectivity index (χ2n) is 6.21. The first-order valence-electron chi connectivity index (χ1n) is 13.3. The monoisotopic (exact) mass is 307 g/mol. The van der Waals surface area contributed by atoms with E-state index in [0.717, 1.165) is 9.80 Å². The first-order chi connectivity index (χ1) is 15.1. The molecule has 3 heteroatoms. The van der Waals surface area contributed by atoms with Crippen molar-refractivity contribution in [1.82, 2.24) is 9.80 Å². The third-order valence-corrected chi connectivity index (χ3v) is 4.94. The number of carbonyl (C=O) groups excluding carboxylic acids is 1. The lowest BCUT2D eigenvalue weighted by Crippen LogP contribution is -2.60. The molecule has 2 bridgehead atoms. The molecule has 3 saturated heterocycles.